The molecule has 0 unspecified atom stereocenters. The lowest BCUT2D eigenvalue weighted by atomic mass is 10.3. The summed E-state index contributed by atoms with van der Waals surface area (Å²) in [6.07, 6.45) is 1.58. The van der Waals surface area contributed by atoms with Crippen LogP contribution in [0.15, 0.2) is 21.9 Å². The zero-order chi connectivity index (χ0) is 13.0. The molecule has 0 radical (unpaired) electrons. The second-order valence-electron chi connectivity index (χ2n) is 3.56. The summed E-state index contributed by atoms with van der Waals surface area (Å²) in [6.45, 7) is 7.34. The second kappa shape index (κ2) is 5.77. The van der Waals surface area contributed by atoms with Crippen LogP contribution in [0, 0.1) is 13.8 Å². The van der Waals surface area contributed by atoms with Crippen LogP contribution in [0.2, 0.25) is 0 Å². The van der Waals surface area contributed by atoms with E-state index in [1.54, 1.807) is 19.9 Å². The molecule has 0 aromatic carbocycles. The minimum absolute atomic E-state index is 0.0373. The third kappa shape index (κ3) is 3.26. The zero-order valence-electron chi connectivity index (χ0n) is 9.79. The predicted molar refractivity (Wildman–Crippen MR) is 68.9 cm³/mol. The van der Waals surface area contributed by atoms with Gasteiger partial charge in [-0.25, -0.2) is 4.79 Å². The molecule has 1 aromatic rings. The number of amides is 1. The molecule has 0 atom stereocenters. The van der Waals surface area contributed by atoms with E-state index in [-0.39, 0.29) is 12.5 Å². The average Bonchev–Trinajstić information content (AvgIpc) is 2.29. The lowest BCUT2D eigenvalue weighted by molar-refractivity contribution is -0.121. The Labute approximate surface area is 108 Å². The summed E-state index contributed by atoms with van der Waals surface area (Å²) in [7, 11) is 0. The monoisotopic (exact) mass is 299 g/mol. The Morgan fingerprint density at radius 1 is 1.59 bits per heavy atom. The highest BCUT2D eigenvalue weighted by molar-refractivity contribution is 9.10. The highest BCUT2D eigenvalue weighted by atomic mass is 79.9. The molecule has 1 amide bonds. The van der Waals surface area contributed by atoms with Crippen molar-refractivity contribution in [1.29, 1.82) is 0 Å². The molecule has 1 heterocycles. The third-order valence-corrected chi connectivity index (χ3v) is 3.43. The summed E-state index contributed by atoms with van der Waals surface area (Å²) in [5.74, 6) is -0.243. The van der Waals surface area contributed by atoms with Crippen molar-refractivity contribution in [3.63, 3.8) is 0 Å². The summed E-state index contributed by atoms with van der Waals surface area (Å²) in [4.78, 5) is 27.0. The van der Waals surface area contributed by atoms with Crippen LogP contribution in [0.3, 0.4) is 0 Å². The lowest BCUT2D eigenvalue weighted by Crippen LogP contribution is -2.35. The molecule has 1 rings (SSSR count). The fourth-order valence-electron chi connectivity index (χ4n) is 1.35. The molecule has 17 heavy (non-hydrogen) atoms. The summed E-state index contributed by atoms with van der Waals surface area (Å²) in [5.41, 5.74) is 0.892. The molecule has 0 fully saturated rings. The number of nitrogens with zero attached hydrogens (tertiary/aromatic N) is 2. The van der Waals surface area contributed by atoms with E-state index in [4.69, 9.17) is 0 Å². The summed E-state index contributed by atoms with van der Waals surface area (Å²) >= 11 is 3.34. The summed E-state index contributed by atoms with van der Waals surface area (Å²) < 4.78 is 2.07. The first-order valence-electron chi connectivity index (χ1n) is 5.08. The van der Waals surface area contributed by atoms with E-state index in [9.17, 15) is 9.59 Å². The van der Waals surface area contributed by atoms with Crippen molar-refractivity contribution >= 4 is 21.8 Å². The molecule has 1 aromatic heterocycles. The van der Waals surface area contributed by atoms with E-state index < -0.39 is 5.69 Å². The van der Waals surface area contributed by atoms with Gasteiger partial charge < -0.3 is 5.32 Å². The Hall–Kier alpha value is -1.43. The summed E-state index contributed by atoms with van der Waals surface area (Å²) in [6, 6.07) is 0. The molecule has 92 valence electrons. The SMILES string of the molecule is C=CCNC(=O)Cn1c(C)c(Br)c(C)nc1=O. The molecule has 0 saturated carbocycles. The summed E-state index contributed by atoms with van der Waals surface area (Å²) in [5, 5.41) is 2.61. The van der Waals surface area contributed by atoms with Gasteiger partial charge in [-0.3, -0.25) is 9.36 Å². The van der Waals surface area contributed by atoms with E-state index in [0.29, 0.717) is 17.9 Å². The first-order valence-corrected chi connectivity index (χ1v) is 5.87. The largest absolute Gasteiger partial charge is 0.351 e. The number of nitrogens with one attached hydrogen (secondary N) is 1. The predicted octanol–water partition coefficient (Wildman–Crippen LogP) is 0.925. The van der Waals surface area contributed by atoms with Gasteiger partial charge in [0.2, 0.25) is 5.91 Å². The number of hydrogen-bond acceptors (Lipinski definition) is 3. The van der Waals surface area contributed by atoms with Crippen LogP contribution in [0.25, 0.3) is 0 Å². The fraction of sp³-hybridized carbons (Fsp3) is 0.364. The molecule has 0 aliphatic rings. The maximum atomic E-state index is 11.7. The van der Waals surface area contributed by atoms with Crippen LogP contribution in [0.5, 0.6) is 0 Å². The van der Waals surface area contributed by atoms with Crippen LogP contribution >= 0.6 is 15.9 Å². The topological polar surface area (TPSA) is 64.0 Å². The molecular weight excluding hydrogens is 286 g/mol. The quantitative estimate of drug-likeness (QED) is 0.841. The van der Waals surface area contributed by atoms with Gasteiger partial charge >= 0.3 is 5.69 Å². The Bertz CT molecular complexity index is 508. The smallest absolute Gasteiger partial charge is 0.348 e. The van der Waals surface area contributed by atoms with E-state index in [1.165, 1.54) is 4.57 Å². The third-order valence-electron chi connectivity index (χ3n) is 2.28. The molecule has 6 heteroatoms. The Morgan fingerprint density at radius 2 is 2.24 bits per heavy atom. The van der Waals surface area contributed by atoms with Crippen LogP contribution in [-0.4, -0.2) is 22.0 Å². The van der Waals surface area contributed by atoms with Crippen LogP contribution in [-0.2, 0) is 11.3 Å². The minimum atomic E-state index is -0.419. The zero-order valence-corrected chi connectivity index (χ0v) is 11.4. The van der Waals surface area contributed by atoms with Crippen molar-refractivity contribution in [2.24, 2.45) is 0 Å². The van der Waals surface area contributed by atoms with E-state index in [2.05, 4.69) is 32.8 Å². The van der Waals surface area contributed by atoms with Gasteiger partial charge in [0.1, 0.15) is 6.54 Å². The molecule has 0 spiro atoms. The fourth-order valence-corrected chi connectivity index (χ4v) is 1.65. The molecule has 0 bridgehead atoms. The van der Waals surface area contributed by atoms with Crippen molar-refractivity contribution in [3.8, 4) is 0 Å². The molecule has 1 N–H and O–H groups in total. The van der Waals surface area contributed by atoms with Crippen LogP contribution in [0.1, 0.15) is 11.4 Å². The van der Waals surface area contributed by atoms with E-state index in [1.807, 2.05) is 0 Å². The Morgan fingerprint density at radius 3 is 2.82 bits per heavy atom. The van der Waals surface area contributed by atoms with E-state index >= 15 is 0 Å². The van der Waals surface area contributed by atoms with Gasteiger partial charge in [0.25, 0.3) is 0 Å². The second-order valence-corrected chi connectivity index (χ2v) is 4.35. The first-order chi connectivity index (χ1) is 7.97. The van der Waals surface area contributed by atoms with Gasteiger partial charge in [0.15, 0.2) is 0 Å². The van der Waals surface area contributed by atoms with Crippen molar-refractivity contribution in [1.82, 2.24) is 14.9 Å². The molecule has 5 nitrogen and oxygen atoms in total. The number of hydrogen-bond donors (Lipinski definition) is 1. The number of aromatic nitrogens is 2. The highest BCUT2D eigenvalue weighted by Gasteiger charge is 2.11. The Kier molecular flexibility index (Phi) is 4.62. The number of aryl methyl sites for hydroxylation is 1. The van der Waals surface area contributed by atoms with Gasteiger partial charge in [-0.1, -0.05) is 6.08 Å². The van der Waals surface area contributed by atoms with Crippen molar-refractivity contribution in [2.75, 3.05) is 6.54 Å². The molecule has 0 aliphatic carbocycles. The van der Waals surface area contributed by atoms with Crippen molar-refractivity contribution < 1.29 is 4.79 Å². The van der Waals surface area contributed by atoms with Gasteiger partial charge in [-0.2, -0.15) is 4.98 Å². The van der Waals surface area contributed by atoms with Gasteiger partial charge in [-0.05, 0) is 29.8 Å². The number of halogens is 1. The molecule has 0 aliphatic heterocycles. The van der Waals surface area contributed by atoms with Gasteiger partial charge in [0, 0.05) is 12.2 Å². The average molecular weight is 300 g/mol. The van der Waals surface area contributed by atoms with Gasteiger partial charge in [-0.15, -0.1) is 6.58 Å². The normalized spacial score (nSPS) is 10.1. The van der Waals surface area contributed by atoms with Crippen LogP contribution in [0.4, 0.5) is 0 Å². The van der Waals surface area contributed by atoms with Gasteiger partial charge in [0.05, 0.1) is 10.2 Å². The van der Waals surface area contributed by atoms with Crippen LogP contribution < -0.4 is 11.0 Å². The maximum absolute atomic E-state index is 11.7. The molecule has 0 saturated heterocycles. The minimum Gasteiger partial charge on any atom is -0.351 e. The van der Waals surface area contributed by atoms with Crippen molar-refractivity contribution in [3.05, 3.63) is 39.0 Å². The standard InChI is InChI=1S/C11H14BrN3O2/c1-4-5-13-9(16)6-15-8(3)10(12)7(2)14-11(15)17/h4H,1,5-6H2,2-3H3,(H,13,16). The van der Waals surface area contributed by atoms with Crippen molar-refractivity contribution in [2.45, 2.75) is 20.4 Å². The highest BCUT2D eigenvalue weighted by Crippen LogP contribution is 2.16. The number of carbonyl (C=O) groups excluding carboxylic acids is 1. The van der Waals surface area contributed by atoms with E-state index in [0.717, 1.165) is 4.47 Å². The number of rotatable bonds is 4. The molecular formula is C11H14BrN3O2. The Balaban J connectivity index is 2.99. The maximum Gasteiger partial charge on any atom is 0.348 e. The number of carbonyl (C=O) groups is 1. The first kappa shape index (κ1) is 13.6. The lowest BCUT2D eigenvalue weighted by Gasteiger charge is -2.11.